The van der Waals surface area contributed by atoms with Crippen molar-refractivity contribution >= 4 is 28.1 Å². The van der Waals surface area contributed by atoms with Crippen LogP contribution in [0.5, 0.6) is 11.5 Å². The van der Waals surface area contributed by atoms with Gasteiger partial charge in [0.1, 0.15) is 24.6 Å². The largest absolute Gasteiger partial charge is 0.497 e. The molecule has 5 rings (SSSR count). The molecule has 3 aliphatic rings. The average Bonchev–Trinajstić information content (AvgIpc) is 3.38. The highest BCUT2D eigenvalue weighted by atomic mass is 32.1. The number of hydrogen-bond donors (Lipinski definition) is 5. The van der Waals surface area contributed by atoms with Gasteiger partial charge < -0.3 is 40.0 Å². The number of aliphatic hydroxyl groups excluding tert-OH is 2. The molecule has 41 heavy (non-hydrogen) atoms. The summed E-state index contributed by atoms with van der Waals surface area (Å²) >= 11 is 1.57. The van der Waals surface area contributed by atoms with Gasteiger partial charge in [0.2, 0.25) is 5.91 Å². The number of aliphatic hydroxyl groups is 2. The molecule has 0 bridgehead atoms. The van der Waals surface area contributed by atoms with Gasteiger partial charge in [0.15, 0.2) is 5.13 Å². The van der Waals surface area contributed by atoms with Crippen LogP contribution in [0.2, 0.25) is 0 Å². The van der Waals surface area contributed by atoms with Crippen LogP contribution in [-0.2, 0) is 16.0 Å². The molecule has 5 N–H and O–H groups in total. The van der Waals surface area contributed by atoms with Gasteiger partial charge in [-0.2, -0.15) is 0 Å². The quantitative estimate of drug-likeness (QED) is 0.284. The molecule has 1 aliphatic heterocycles. The van der Waals surface area contributed by atoms with Crippen molar-refractivity contribution in [2.24, 2.45) is 16.7 Å². The Balaban J connectivity index is 1.42. The summed E-state index contributed by atoms with van der Waals surface area (Å²) in [4.78, 5) is 21.0. The lowest BCUT2D eigenvalue weighted by molar-refractivity contribution is -0.906. The Morgan fingerprint density at radius 3 is 2.73 bits per heavy atom. The van der Waals surface area contributed by atoms with Crippen molar-refractivity contribution in [3.63, 3.8) is 0 Å². The number of aromatic nitrogens is 1. The molecular weight excluding hydrogens is 544 g/mol. The fourth-order valence-corrected chi connectivity index (χ4v) is 8.35. The van der Waals surface area contributed by atoms with Crippen LogP contribution in [0.4, 0.5) is 10.8 Å². The fraction of sp³-hybridized carbons (Fsp3) is 0.667. The number of hydrogen-bond acceptors (Lipinski definition) is 9. The van der Waals surface area contributed by atoms with Crippen LogP contribution in [0, 0.1) is 16.7 Å². The Morgan fingerprint density at radius 1 is 1.24 bits per heavy atom. The summed E-state index contributed by atoms with van der Waals surface area (Å²) in [7, 11) is 3.25. The minimum Gasteiger partial charge on any atom is -0.497 e. The molecule has 10 nitrogen and oxygen atoms in total. The van der Waals surface area contributed by atoms with Gasteiger partial charge in [-0.3, -0.25) is 4.79 Å². The van der Waals surface area contributed by atoms with Crippen LogP contribution >= 0.6 is 11.3 Å². The summed E-state index contributed by atoms with van der Waals surface area (Å²) in [6.45, 7) is 9.11. The van der Waals surface area contributed by atoms with Gasteiger partial charge in [-0.05, 0) is 42.7 Å². The minimum atomic E-state index is -0.660. The maximum atomic E-state index is 13.4. The van der Waals surface area contributed by atoms with E-state index in [1.807, 2.05) is 25.1 Å². The highest BCUT2D eigenvalue weighted by molar-refractivity contribution is 7.15. The fourth-order valence-electron chi connectivity index (χ4n) is 7.27. The molecule has 1 amide bonds. The molecule has 2 aliphatic carbocycles. The van der Waals surface area contributed by atoms with Gasteiger partial charge in [-0.25, -0.2) is 4.98 Å². The Kier molecular flexibility index (Phi) is 9.10. The summed E-state index contributed by atoms with van der Waals surface area (Å²) in [5.74, 6) is 1.27. The van der Waals surface area contributed by atoms with Gasteiger partial charge in [0, 0.05) is 28.7 Å². The van der Waals surface area contributed by atoms with Crippen LogP contribution in [0.25, 0.3) is 0 Å². The smallest absolute Gasteiger partial charge is 0.220 e. The Labute approximate surface area is 246 Å². The number of nitrogens with zero attached hydrogens (tertiary/aromatic N) is 1. The molecule has 226 valence electrons. The second-order valence-corrected chi connectivity index (χ2v) is 13.3. The monoisotopic (exact) mass is 589 g/mol. The van der Waals surface area contributed by atoms with Crippen molar-refractivity contribution in [2.45, 2.75) is 51.6 Å². The van der Waals surface area contributed by atoms with Crippen molar-refractivity contribution in [1.29, 1.82) is 0 Å². The molecule has 2 aromatic rings. The van der Waals surface area contributed by atoms with Crippen molar-refractivity contribution in [3.8, 4) is 11.5 Å². The first-order chi connectivity index (χ1) is 19.7. The number of amides is 1. The van der Waals surface area contributed by atoms with E-state index in [2.05, 4.69) is 17.6 Å². The van der Waals surface area contributed by atoms with Crippen molar-refractivity contribution in [1.82, 2.24) is 10.3 Å². The topological polar surface area (TPSA) is 127 Å². The highest BCUT2D eigenvalue weighted by Crippen LogP contribution is 2.63. The summed E-state index contributed by atoms with van der Waals surface area (Å²) in [6.07, 6.45) is 1.79. The molecule has 1 saturated carbocycles. The number of morpholine rings is 1. The van der Waals surface area contributed by atoms with Crippen molar-refractivity contribution in [2.75, 3.05) is 65.5 Å². The second-order valence-electron chi connectivity index (χ2n) is 12.2. The van der Waals surface area contributed by atoms with Crippen LogP contribution < -0.4 is 25.0 Å². The van der Waals surface area contributed by atoms with E-state index in [1.165, 1.54) is 4.90 Å². The van der Waals surface area contributed by atoms with E-state index in [4.69, 9.17) is 19.2 Å². The molecule has 2 fully saturated rings. The number of thiazole rings is 1. The molecule has 1 aromatic carbocycles. The summed E-state index contributed by atoms with van der Waals surface area (Å²) in [5, 5.41) is 28.9. The third kappa shape index (κ3) is 5.92. The van der Waals surface area contributed by atoms with Gasteiger partial charge in [-0.1, -0.05) is 13.8 Å². The number of anilines is 2. The standard InChI is InChI=1S/C30H44N4O6S/c1-29-8-7-25(36)30(2,18-35)24(29)17-23-27(20(29)16-26(37)31-9-10-34-11-13-40-14-12-34)33-28(41-23)32-21-15-19(38-3)5-6-22(21)39-4/h5-6,15,20,24-25,35-36H,7-14,16-18H2,1-4H3,(H,31,37)(H,32,33)/p+1/t20-,24+,25-,29+,30+/m1/s1. The van der Waals surface area contributed by atoms with Crippen LogP contribution in [0.15, 0.2) is 18.2 Å². The lowest BCUT2D eigenvalue weighted by atomic mass is 9.47. The molecule has 1 saturated heterocycles. The first kappa shape index (κ1) is 30.0. The van der Waals surface area contributed by atoms with E-state index in [0.717, 1.165) is 60.7 Å². The third-order valence-electron chi connectivity index (χ3n) is 9.93. The van der Waals surface area contributed by atoms with Gasteiger partial charge in [-0.15, -0.1) is 11.3 Å². The normalized spacial score (nSPS) is 29.8. The second kappa shape index (κ2) is 12.4. The number of rotatable bonds is 10. The first-order valence-corrected chi connectivity index (χ1v) is 15.5. The van der Waals surface area contributed by atoms with E-state index < -0.39 is 11.5 Å². The lowest BCUT2D eigenvalue weighted by Crippen LogP contribution is -3.14. The Bertz CT molecular complexity index is 1220. The molecule has 0 radical (unpaired) electrons. The minimum absolute atomic E-state index is 0.00602. The highest BCUT2D eigenvalue weighted by Gasteiger charge is 2.59. The molecule has 0 unspecified atom stereocenters. The third-order valence-corrected chi connectivity index (χ3v) is 10.9. The van der Waals surface area contributed by atoms with E-state index in [1.54, 1.807) is 25.6 Å². The number of carbonyl (C=O) groups excluding carboxylic acids is 1. The number of carbonyl (C=O) groups is 1. The first-order valence-electron chi connectivity index (χ1n) is 14.7. The summed E-state index contributed by atoms with van der Waals surface area (Å²) in [6, 6.07) is 5.57. The SMILES string of the molecule is COc1ccc(OC)c(Nc2nc3c(s2)C[C@@H]2[C@](C)(CO)[C@H](O)CC[C@@]2(C)[C@@H]3CC(=O)NCC[NH+]2CCOCC2)c1. The van der Waals surface area contributed by atoms with E-state index in [9.17, 15) is 15.0 Å². The van der Waals surface area contributed by atoms with E-state index >= 15 is 0 Å². The zero-order valence-corrected chi connectivity index (χ0v) is 25.4. The van der Waals surface area contributed by atoms with Crippen LogP contribution in [0.1, 0.15) is 49.6 Å². The molecule has 11 heteroatoms. The van der Waals surface area contributed by atoms with Gasteiger partial charge in [0.25, 0.3) is 0 Å². The molecule has 5 atom stereocenters. The maximum Gasteiger partial charge on any atom is 0.220 e. The van der Waals surface area contributed by atoms with E-state index in [0.29, 0.717) is 37.3 Å². The Morgan fingerprint density at radius 2 is 2.02 bits per heavy atom. The molecule has 0 spiro atoms. The summed E-state index contributed by atoms with van der Waals surface area (Å²) < 4.78 is 16.4. The summed E-state index contributed by atoms with van der Waals surface area (Å²) in [5.41, 5.74) is 0.739. The molecular formula is C30H45N4O6S+. The number of benzene rings is 1. The zero-order valence-electron chi connectivity index (χ0n) is 24.6. The number of nitrogens with one attached hydrogen (secondary N) is 3. The predicted octanol–water partition coefficient (Wildman–Crippen LogP) is 1.74. The zero-order chi connectivity index (χ0) is 29.2. The molecule has 2 heterocycles. The van der Waals surface area contributed by atoms with Gasteiger partial charge >= 0.3 is 0 Å². The predicted molar refractivity (Wildman–Crippen MR) is 157 cm³/mol. The van der Waals surface area contributed by atoms with Gasteiger partial charge in [0.05, 0.1) is 64.6 Å². The number of quaternary nitrogens is 1. The lowest BCUT2D eigenvalue weighted by Gasteiger charge is -2.58. The molecule has 1 aromatic heterocycles. The van der Waals surface area contributed by atoms with Crippen molar-refractivity contribution in [3.05, 3.63) is 28.8 Å². The number of methoxy groups -OCH3 is 2. The maximum absolute atomic E-state index is 13.4. The van der Waals surface area contributed by atoms with E-state index in [-0.39, 0.29) is 29.8 Å². The van der Waals surface area contributed by atoms with Crippen LogP contribution in [0.3, 0.4) is 0 Å². The van der Waals surface area contributed by atoms with Crippen molar-refractivity contribution < 1.29 is 34.1 Å². The Hall–Kier alpha value is -2.44. The number of fused-ring (bicyclic) bond motifs is 2. The average molecular weight is 590 g/mol. The van der Waals surface area contributed by atoms with Crippen LogP contribution in [-0.4, -0.2) is 87.4 Å². The number of ether oxygens (including phenoxy) is 3.